The lowest BCUT2D eigenvalue weighted by Gasteiger charge is -2.05. The van der Waals surface area contributed by atoms with E-state index in [4.69, 9.17) is 0 Å². The normalized spacial score (nSPS) is 12.5. The van der Waals surface area contributed by atoms with E-state index < -0.39 is 6.10 Å². The molecule has 3 aromatic rings. The zero-order valence-electron chi connectivity index (χ0n) is 10.9. The Bertz CT molecular complexity index is 693. The van der Waals surface area contributed by atoms with E-state index in [0.717, 1.165) is 26.8 Å². The van der Waals surface area contributed by atoms with E-state index in [0.29, 0.717) is 6.42 Å². The van der Waals surface area contributed by atoms with Crippen LogP contribution in [0.1, 0.15) is 21.7 Å². The van der Waals surface area contributed by atoms with Gasteiger partial charge in [-0.05, 0) is 18.5 Å². The molecule has 0 radical (unpaired) electrons. The Hall–Kier alpha value is -1.63. The van der Waals surface area contributed by atoms with Crippen LogP contribution >= 0.6 is 22.9 Å². The molecule has 6 heteroatoms. The van der Waals surface area contributed by atoms with Crippen LogP contribution in [0.2, 0.25) is 0 Å². The second-order valence-corrected chi connectivity index (χ2v) is 6.16. The highest BCUT2D eigenvalue weighted by Crippen LogP contribution is 2.27. The van der Waals surface area contributed by atoms with Crippen molar-refractivity contribution in [2.75, 3.05) is 0 Å². The highest BCUT2D eigenvalue weighted by molar-refractivity contribution is 7.10. The first-order chi connectivity index (χ1) is 9.74. The first kappa shape index (κ1) is 13.4. The standard InChI is InChI=1S/C14H13N3OS2/c1-9-14(20-17-16-9)12(18)7-13-15-11(8-19-13)10-5-3-2-4-6-10/h2-6,8,12,18H,7H2,1H3. The zero-order valence-corrected chi connectivity index (χ0v) is 12.5. The maximum Gasteiger partial charge on any atom is 0.0980 e. The number of aliphatic hydroxyl groups is 1. The summed E-state index contributed by atoms with van der Waals surface area (Å²) in [6.45, 7) is 1.86. The van der Waals surface area contributed by atoms with Crippen LogP contribution in [-0.4, -0.2) is 19.7 Å². The van der Waals surface area contributed by atoms with E-state index in [1.54, 1.807) is 11.3 Å². The molecule has 0 aliphatic carbocycles. The van der Waals surface area contributed by atoms with Gasteiger partial charge in [-0.1, -0.05) is 34.8 Å². The number of nitrogens with zero attached hydrogens (tertiary/aromatic N) is 3. The third-order valence-corrected chi connectivity index (χ3v) is 4.78. The monoisotopic (exact) mass is 303 g/mol. The summed E-state index contributed by atoms with van der Waals surface area (Å²) >= 11 is 2.81. The van der Waals surface area contributed by atoms with Crippen molar-refractivity contribution in [3.8, 4) is 11.3 Å². The Kier molecular flexibility index (Phi) is 3.86. The minimum atomic E-state index is -0.579. The fourth-order valence-electron chi connectivity index (χ4n) is 1.95. The van der Waals surface area contributed by atoms with Crippen molar-refractivity contribution in [1.29, 1.82) is 0 Å². The number of aliphatic hydroxyl groups excluding tert-OH is 1. The summed E-state index contributed by atoms with van der Waals surface area (Å²) in [5.74, 6) is 0. The summed E-state index contributed by atoms with van der Waals surface area (Å²) < 4.78 is 3.85. The Morgan fingerprint density at radius 1 is 1.25 bits per heavy atom. The van der Waals surface area contributed by atoms with Gasteiger partial charge in [0.2, 0.25) is 0 Å². The predicted molar refractivity (Wildman–Crippen MR) is 80.9 cm³/mol. The molecule has 1 unspecified atom stereocenters. The lowest BCUT2D eigenvalue weighted by molar-refractivity contribution is 0.181. The fourth-order valence-corrected chi connectivity index (χ4v) is 3.42. The van der Waals surface area contributed by atoms with Gasteiger partial charge >= 0.3 is 0 Å². The third-order valence-electron chi connectivity index (χ3n) is 2.98. The molecule has 0 saturated carbocycles. The molecule has 0 fully saturated rings. The predicted octanol–water partition coefficient (Wildman–Crippen LogP) is 3.25. The highest BCUT2D eigenvalue weighted by Gasteiger charge is 2.17. The molecule has 1 atom stereocenters. The fraction of sp³-hybridized carbons (Fsp3) is 0.214. The van der Waals surface area contributed by atoms with E-state index in [2.05, 4.69) is 14.6 Å². The zero-order chi connectivity index (χ0) is 13.9. The minimum absolute atomic E-state index is 0.502. The van der Waals surface area contributed by atoms with Crippen LogP contribution < -0.4 is 0 Å². The number of hydrogen-bond donors (Lipinski definition) is 1. The molecule has 0 spiro atoms. The van der Waals surface area contributed by atoms with Gasteiger partial charge in [-0.2, -0.15) is 0 Å². The summed E-state index contributed by atoms with van der Waals surface area (Å²) in [5.41, 5.74) is 2.85. The number of hydrogen-bond acceptors (Lipinski definition) is 6. The number of aryl methyl sites for hydroxylation is 1. The second kappa shape index (κ2) is 5.78. The van der Waals surface area contributed by atoms with Gasteiger partial charge in [-0.3, -0.25) is 0 Å². The smallest absolute Gasteiger partial charge is 0.0980 e. The molecule has 102 valence electrons. The maximum atomic E-state index is 10.2. The third kappa shape index (κ3) is 2.77. The lowest BCUT2D eigenvalue weighted by atomic mass is 10.2. The summed E-state index contributed by atoms with van der Waals surface area (Å²) in [5, 5.41) is 17.1. The van der Waals surface area contributed by atoms with Gasteiger partial charge in [-0.15, -0.1) is 16.4 Å². The number of thiazole rings is 1. The average Bonchev–Trinajstić information content (AvgIpc) is 3.09. The van der Waals surface area contributed by atoms with Gasteiger partial charge in [0, 0.05) is 17.4 Å². The first-order valence-electron chi connectivity index (χ1n) is 6.21. The Morgan fingerprint density at radius 2 is 2.05 bits per heavy atom. The number of rotatable bonds is 4. The molecule has 0 aliphatic heterocycles. The van der Waals surface area contributed by atoms with Gasteiger partial charge < -0.3 is 5.11 Å². The van der Waals surface area contributed by atoms with Crippen LogP contribution in [0.3, 0.4) is 0 Å². The van der Waals surface area contributed by atoms with E-state index in [1.807, 2.05) is 42.6 Å². The highest BCUT2D eigenvalue weighted by atomic mass is 32.1. The SMILES string of the molecule is Cc1nnsc1C(O)Cc1nc(-c2ccccc2)cs1. The largest absolute Gasteiger partial charge is 0.387 e. The van der Waals surface area contributed by atoms with E-state index >= 15 is 0 Å². The van der Waals surface area contributed by atoms with E-state index in [1.165, 1.54) is 11.5 Å². The van der Waals surface area contributed by atoms with Crippen LogP contribution in [0.25, 0.3) is 11.3 Å². The molecule has 2 heterocycles. The van der Waals surface area contributed by atoms with Crippen molar-refractivity contribution in [1.82, 2.24) is 14.6 Å². The van der Waals surface area contributed by atoms with Gasteiger partial charge in [0.05, 0.1) is 27.4 Å². The number of benzene rings is 1. The Labute approximate surface area is 124 Å². The molecule has 0 bridgehead atoms. The van der Waals surface area contributed by atoms with Gasteiger partial charge in [0.1, 0.15) is 0 Å². The lowest BCUT2D eigenvalue weighted by Crippen LogP contribution is -2.01. The molecular weight excluding hydrogens is 290 g/mol. The van der Waals surface area contributed by atoms with Crippen molar-refractivity contribution in [3.63, 3.8) is 0 Å². The first-order valence-corrected chi connectivity index (χ1v) is 7.86. The van der Waals surface area contributed by atoms with E-state index in [9.17, 15) is 5.11 Å². The van der Waals surface area contributed by atoms with Crippen LogP contribution in [0.15, 0.2) is 35.7 Å². The van der Waals surface area contributed by atoms with Gasteiger partial charge in [0.15, 0.2) is 0 Å². The Balaban J connectivity index is 1.76. The second-order valence-electron chi connectivity index (χ2n) is 4.44. The van der Waals surface area contributed by atoms with Gasteiger partial charge in [-0.25, -0.2) is 4.98 Å². The summed E-state index contributed by atoms with van der Waals surface area (Å²) in [4.78, 5) is 5.40. The summed E-state index contributed by atoms with van der Waals surface area (Å²) in [6, 6.07) is 10.0. The van der Waals surface area contributed by atoms with Crippen LogP contribution in [0.4, 0.5) is 0 Å². The van der Waals surface area contributed by atoms with Gasteiger partial charge in [0.25, 0.3) is 0 Å². The van der Waals surface area contributed by atoms with Crippen LogP contribution in [0, 0.1) is 6.92 Å². The summed E-state index contributed by atoms with van der Waals surface area (Å²) in [7, 11) is 0. The van der Waals surface area contributed by atoms with Crippen LogP contribution in [-0.2, 0) is 6.42 Å². The van der Waals surface area contributed by atoms with Crippen molar-refractivity contribution < 1.29 is 5.11 Å². The molecule has 4 nitrogen and oxygen atoms in total. The molecule has 1 N–H and O–H groups in total. The quantitative estimate of drug-likeness (QED) is 0.804. The van der Waals surface area contributed by atoms with Crippen molar-refractivity contribution in [2.45, 2.75) is 19.4 Å². The molecule has 3 rings (SSSR count). The number of aromatic nitrogens is 3. The van der Waals surface area contributed by atoms with Crippen molar-refractivity contribution in [3.05, 3.63) is 51.3 Å². The van der Waals surface area contributed by atoms with E-state index in [-0.39, 0.29) is 0 Å². The maximum absolute atomic E-state index is 10.2. The Morgan fingerprint density at radius 3 is 2.75 bits per heavy atom. The van der Waals surface area contributed by atoms with Crippen molar-refractivity contribution in [2.24, 2.45) is 0 Å². The molecule has 1 aromatic carbocycles. The topological polar surface area (TPSA) is 58.9 Å². The van der Waals surface area contributed by atoms with Crippen molar-refractivity contribution >= 4 is 22.9 Å². The van der Waals surface area contributed by atoms with Crippen LogP contribution in [0.5, 0.6) is 0 Å². The molecule has 0 amide bonds. The molecule has 0 aliphatic rings. The molecular formula is C14H13N3OS2. The average molecular weight is 303 g/mol. The molecule has 2 aromatic heterocycles. The molecule has 0 saturated heterocycles. The molecule has 20 heavy (non-hydrogen) atoms. The summed E-state index contributed by atoms with van der Waals surface area (Å²) in [6.07, 6.45) is -0.0767. The minimum Gasteiger partial charge on any atom is -0.387 e.